The van der Waals surface area contributed by atoms with Gasteiger partial charge in [-0.3, -0.25) is 4.79 Å². The molecule has 0 saturated carbocycles. The highest BCUT2D eigenvalue weighted by molar-refractivity contribution is 5.79. The number of para-hydroxylation sites is 1. The van der Waals surface area contributed by atoms with Crippen molar-refractivity contribution in [1.29, 1.82) is 0 Å². The molecule has 5 heteroatoms. The highest BCUT2D eigenvalue weighted by Crippen LogP contribution is 2.19. The van der Waals surface area contributed by atoms with Crippen molar-refractivity contribution >= 4 is 5.91 Å². The summed E-state index contributed by atoms with van der Waals surface area (Å²) in [6.45, 7) is 0.324. The first-order valence-electron chi connectivity index (χ1n) is 7.64. The maximum Gasteiger partial charge on any atom is 0.226 e. The van der Waals surface area contributed by atoms with Gasteiger partial charge in [-0.15, -0.1) is 0 Å². The highest BCUT2D eigenvalue weighted by atomic mass is 16.5. The van der Waals surface area contributed by atoms with Gasteiger partial charge in [-0.2, -0.15) is 0 Å². The van der Waals surface area contributed by atoms with Crippen LogP contribution in [0.3, 0.4) is 0 Å². The average molecular weight is 322 g/mol. The van der Waals surface area contributed by atoms with E-state index in [1.54, 1.807) is 13.4 Å². The number of nitrogens with one attached hydrogen (secondary N) is 1. The van der Waals surface area contributed by atoms with Crippen molar-refractivity contribution in [3.63, 3.8) is 0 Å². The maximum atomic E-state index is 12.1. The third kappa shape index (κ3) is 3.81. The number of nitrogens with zero attached hydrogens (tertiary/aromatic N) is 1. The predicted molar refractivity (Wildman–Crippen MR) is 90.5 cm³/mol. The van der Waals surface area contributed by atoms with Crippen molar-refractivity contribution in [2.24, 2.45) is 0 Å². The van der Waals surface area contributed by atoms with Gasteiger partial charge in [0.05, 0.1) is 25.8 Å². The molecule has 0 aliphatic heterocycles. The summed E-state index contributed by atoms with van der Waals surface area (Å²) < 4.78 is 10.7. The van der Waals surface area contributed by atoms with E-state index in [0.717, 1.165) is 11.1 Å². The van der Waals surface area contributed by atoms with E-state index >= 15 is 0 Å². The van der Waals surface area contributed by atoms with Gasteiger partial charge in [0, 0.05) is 11.1 Å². The molecule has 1 N–H and O–H groups in total. The van der Waals surface area contributed by atoms with Gasteiger partial charge in [-0.05, 0) is 18.2 Å². The van der Waals surface area contributed by atoms with Crippen LogP contribution in [0.2, 0.25) is 0 Å². The minimum Gasteiger partial charge on any atom is -0.496 e. The number of oxazole rings is 1. The minimum absolute atomic E-state index is 0.0937. The molecule has 24 heavy (non-hydrogen) atoms. The Bertz CT molecular complexity index is 812. The Morgan fingerprint density at radius 2 is 1.88 bits per heavy atom. The quantitative estimate of drug-likeness (QED) is 0.757. The van der Waals surface area contributed by atoms with Crippen LogP contribution in [0.1, 0.15) is 11.3 Å². The fourth-order valence-electron chi connectivity index (χ4n) is 2.38. The SMILES string of the molecule is COc1ccccc1CC(=O)NCc1coc(-c2ccccc2)n1. The van der Waals surface area contributed by atoms with Gasteiger partial charge in [0.1, 0.15) is 12.0 Å². The number of hydrogen-bond acceptors (Lipinski definition) is 4. The molecular formula is C19H18N2O3. The summed E-state index contributed by atoms with van der Waals surface area (Å²) in [5.41, 5.74) is 2.44. The highest BCUT2D eigenvalue weighted by Gasteiger charge is 2.10. The first-order valence-corrected chi connectivity index (χ1v) is 7.64. The summed E-state index contributed by atoms with van der Waals surface area (Å²) in [5, 5.41) is 2.85. The molecule has 0 atom stereocenters. The molecule has 0 spiro atoms. The van der Waals surface area contributed by atoms with E-state index in [-0.39, 0.29) is 12.3 Å². The first-order chi connectivity index (χ1) is 11.8. The van der Waals surface area contributed by atoms with Crippen molar-refractivity contribution in [3.8, 4) is 17.2 Å². The summed E-state index contributed by atoms with van der Waals surface area (Å²) in [4.78, 5) is 16.5. The van der Waals surface area contributed by atoms with Crippen LogP contribution in [0, 0.1) is 0 Å². The molecule has 122 valence electrons. The molecule has 0 aliphatic carbocycles. The van der Waals surface area contributed by atoms with E-state index in [1.165, 1.54) is 0 Å². The molecule has 0 saturated heterocycles. The molecule has 0 radical (unpaired) electrons. The largest absolute Gasteiger partial charge is 0.496 e. The van der Waals surface area contributed by atoms with E-state index in [0.29, 0.717) is 23.9 Å². The first kappa shape index (κ1) is 15.8. The lowest BCUT2D eigenvalue weighted by Crippen LogP contribution is -2.24. The zero-order chi connectivity index (χ0) is 16.8. The summed E-state index contributed by atoms with van der Waals surface area (Å²) >= 11 is 0. The Kier molecular flexibility index (Phi) is 4.91. The van der Waals surface area contributed by atoms with E-state index in [1.807, 2.05) is 54.6 Å². The number of ether oxygens (including phenoxy) is 1. The molecule has 5 nitrogen and oxygen atoms in total. The van der Waals surface area contributed by atoms with E-state index in [2.05, 4.69) is 10.3 Å². The summed E-state index contributed by atoms with van der Waals surface area (Å²) in [5.74, 6) is 1.16. The molecule has 0 bridgehead atoms. The van der Waals surface area contributed by atoms with Crippen LogP contribution >= 0.6 is 0 Å². The third-order valence-corrected chi connectivity index (χ3v) is 3.58. The number of carbonyl (C=O) groups excluding carboxylic acids is 1. The van der Waals surface area contributed by atoms with Crippen LogP contribution in [0.4, 0.5) is 0 Å². The molecule has 1 heterocycles. The van der Waals surface area contributed by atoms with Crippen LogP contribution in [0.25, 0.3) is 11.5 Å². The second-order valence-electron chi connectivity index (χ2n) is 5.28. The van der Waals surface area contributed by atoms with E-state index < -0.39 is 0 Å². The summed E-state index contributed by atoms with van der Waals surface area (Å²) in [6.07, 6.45) is 1.82. The predicted octanol–water partition coefficient (Wildman–Crippen LogP) is 3.21. The minimum atomic E-state index is -0.0937. The summed E-state index contributed by atoms with van der Waals surface area (Å²) in [7, 11) is 1.59. The zero-order valence-electron chi connectivity index (χ0n) is 13.4. The second kappa shape index (κ2) is 7.46. The van der Waals surface area contributed by atoms with Gasteiger partial charge in [-0.1, -0.05) is 36.4 Å². The Morgan fingerprint density at radius 1 is 1.12 bits per heavy atom. The third-order valence-electron chi connectivity index (χ3n) is 3.58. The number of carbonyl (C=O) groups is 1. The Balaban J connectivity index is 1.58. The van der Waals surface area contributed by atoms with Crippen molar-refractivity contribution in [1.82, 2.24) is 10.3 Å². The van der Waals surface area contributed by atoms with Crippen molar-refractivity contribution in [2.45, 2.75) is 13.0 Å². The second-order valence-corrected chi connectivity index (χ2v) is 5.28. The monoisotopic (exact) mass is 322 g/mol. The van der Waals surface area contributed by atoms with Gasteiger partial charge in [0.2, 0.25) is 11.8 Å². The molecule has 2 aromatic carbocycles. The van der Waals surface area contributed by atoms with Crippen LogP contribution in [-0.4, -0.2) is 18.0 Å². The zero-order valence-corrected chi connectivity index (χ0v) is 13.4. The maximum absolute atomic E-state index is 12.1. The van der Waals surface area contributed by atoms with Crippen LogP contribution < -0.4 is 10.1 Å². The number of hydrogen-bond donors (Lipinski definition) is 1. The molecule has 0 aliphatic rings. The Labute approximate surface area is 140 Å². The van der Waals surface area contributed by atoms with Crippen molar-refractivity contribution in [2.75, 3.05) is 7.11 Å². The normalized spacial score (nSPS) is 10.4. The summed E-state index contributed by atoms with van der Waals surface area (Å²) in [6, 6.07) is 17.1. The Morgan fingerprint density at radius 3 is 2.67 bits per heavy atom. The molecular weight excluding hydrogens is 304 g/mol. The van der Waals surface area contributed by atoms with Crippen LogP contribution in [0.5, 0.6) is 5.75 Å². The smallest absolute Gasteiger partial charge is 0.226 e. The van der Waals surface area contributed by atoms with Gasteiger partial charge in [0.15, 0.2) is 0 Å². The molecule has 1 aromatic heterocycles. The molecule has 3 aromatic rings. The number of benzene rings is 2. The number of amides is 1. The fraction of sp³-hybridized carbons (Fsp3) is 0.158. The Hall–Kier alpha value is -3.08. The van der Waals surface area contributed by atoms with E-state index in [9.17, 15) is 4.79 Å². The topological polar surface area (TPSA) is 64.4 Å². The van der Waals surface area contributed by atoms with Crippen molar-refractivity contribution in [3.05, 3.63) is 72.1 Å². The van der Waals surface area contributed by atoms with Gasteiger partial charge in [-0.25, -0.2) is 4.98 Å². The lowest BCUT2D eigenvalue weighted by molar-refractivity contribution is -0.120. The standard InChI is InChI=1S/C19H18N2O3/c1-23-17-10-6-5-9-15(17)11-18(22)20-12-16-13-24-19(21-16)14-7-3-2-4-8-14/h2-10,13H,11-12H2,1H3,(H,20,22). The van der Waals surface area contributed by atoms with Crippen LogP contribution in [-0.2, 0) is 17.8 Å². The molecule has 1 amide bonds. The van der Waals surface area contributed by atoms with E-state index in [4.69, 9.17) is 9.15 Å². The lowest BCUT2D eigenvalue weighted by Gasteiger charge is -2.08. The van der Waals surface area contributed by atoms with Gasteiger partial charge >= 0.3 is 0 Å². The van der Waals surface area contributed by atoms with Gasteiger partial charge in [0.25, 0.3) is 0 Å². The van der Waals surface area contributed by atoms with Crippen molar-refractivity contribution < 1.29 is 13.9 Å². The number of rotatable bonds is 6. The fourth-order valence-corrected chi connectivity index (χ4v) is 2.38. The number of aromatic nitrogens is 1. The van der Waals surface area contributed by atoms with Gasteiger partial charge < -0.3 is 14.5 Å². The number of methoxy groups -OCH3 is 1. The van der Waals surface area contributed by atoms with Crippen LogP contribution in [0.15, 0.2) is 65.3 Å². The molecule has 0 unspecified atom stereocenters. The molecule has 3 rings (SSSR count). The average Bonchev–Trinajstić information content (AvgIpc) is 3.10. The molecule has 0 fully saturated rings. The lowest BCUT2D eigenvalue weighted by atomic mass is 10.1.